The van der Waals surface area contributed by atoms with Crippen molar-refractivity contribution in [1.29, 1.82) is 0 Å². The van der Waals surface area contributed by atoms with Gasteiger partial charge in [-0.05, 0) is 44.2 Å². The summed E-state index contributed by atoms with van der Waals surface area (Å²) in [5.41, 5.74) is 0.680. The lowest BCUT2D eigenvalue weighted by molar-refractivity contribution is -0.122. The maximum atomic E-state index is 12.3. The molecule has 0 aromatic heterocycles. The Morgan fingerprint density at radius 1 is 1.12 bits per heavy atom. The third-order valence-corrected chi connectivity index (χ3v) is 3.87. The largest absolute Gasteiger partial charge is 0.479 e. The van der Waals surface area contributed by atoms with Gasteiger partial charge in [0.25, 0.3) is 5.91 Å². The van der Waals surface area contributed by atoms with Crippen LogP contribution in [0, 0.1) is 0 Å². The number of carbonyl (C=O) groups is 2. The van der Waals surface area contributed by atoms with Gasteiger partial charge in [0, 0.05) is 0 Å². The molecule has 132 valence electrons. The Labute approximate surface area is 155 Å². The normalized spacial score (nSPS) is 11.5. The van der Waals surface area contributed by atoms with E-state index in [0.717, 1.165) is 0 Å². The van der Waals surface area contributed by atoms with Gasteiger partial charge in [0.1, 0.15) is 5.75 Å². The second kappa shape index (κ2) is 8.74. The molecule has 2 aromatic carbocycles. The molecule has 0 aliphatic heterocycles. The second-order valence-electron chi connectivity index (χ2n) is 5.09. The van der Waals surface area contributed by atoms with Crippen molar-refractivity contribution >= 4 is 40.8 Å². The van der Waals surface area contributed by atoms with Gasteiger partial charge in [-0.3, -0.25) is 4.79 Å². The molecule has 0 saturated heterocycles. The van der Waals surface area contributed by atoms with Crippen LogP contribution in [0.4, 0.5) is 5.69 Å². The summed E-state index contributed by atoms with van der Waals surface area (Å²) >= 11 is 12.1. The number of halogens is 2. The van der Waals surface area contributed by atoms with E-state index < -0.39 is 18.0 Å². The number of ether oxygens (including phenoxy) is 2. The average Bonchev–Trinajstić information content (AvgIpc) is 2.58. The molecule has 0 aliphatic rings. The summed E-state index contributed by atoms with van der Waals surface area (Å²) in [5, 5.41) is 3.30. The van der Waals surface area contributed by atoms with Crippen molar-refractivity contribution < 1.29 is 19.1 Å². The number of hydrogen-bond acceptors (Lipinski definition) is 4. The van der Waals surface area contributed by atoms with E-state index in [1.807, 2.05) is 0 Å². The molecule has 0 radical (unpaired) electrons. The molecule has 1 N–H and O–H groups in total. The Morgan fingerprint density at radius 2 is 1.84 bits per heavy atom. The molecule has 1 atom stereocenters. The minimum absolute atomic E-state index is 0.226. The zero-order chi connectivity index (χ0) is 18.4. The Hall–Kier alpha value is -2.24. The minimum atomic E-state index is -0.791. The monoisotopic (exact) mass is 381 g/mol. The smallest absolute Gasteiger partial charge is 0.338 e. The summed E-state index contributed by atoms with van der Waals surface area (Å²) < 4.78 is 10.5. The molecular formula is C18H17Cl2NO4. The number of amides is 1. The van der Waals surface area contributed by atoms with Crippen molar-refractivity contribution in [3.63, 3.8) is 0 Å². The van der Waals surface area contributed by atoms with Crippen molar-refractivity contribution in [2.45, 2.75) is 20.0 Å². The average molecular weight is 382 g/mol. The van der Waals surface area contributed by atoms with Gasteiger partial charge >= 0.3 is 5.97 Å². The second-order valence-corrected chi connectivity index (χ2v) is 5.91. The predicted molar refractivity (Wildman–Crippen MR) is 97.6 cm³/mol. The van der Waals surface area contributed by atoms with Gasteiger partial charge in [-0.15, -0.1) is 0 Å². The summed E-state index contributed by atoms with van der Waals surface area (Å²) in [7, 11) is 0. The zero-order valence-electron chi connectivity index (χ0n) is 13.7. The van der Waals surface area contributed by atoms with Crippen LogP contribution < -0.4 is 10.1 Å². The number of nitrogens with one attached hydrogen (secondary N) is 1. The number of para-hydroxylation sites is 1. The quantitative estimate of drug-likeness (QED) is 0.743. The molecule has 5 nitrogen and oxygen atoms in total. The Kier molecular flexibility index (Phi) is 6.67. The fraction of sp³-hybridized carbons (Fsp3) is 0.222. The maximum Gasteiger partial charge on any atom is 0.338 e. The Bertz CT molecular complexity index is 779. The topological polar surface area (TPSA) is 64.6 Å². The van der Waals surface area contributed by atoms with Gasteiger partial charge < -0.3 is 14.8 Å². The number of hydrogen-bond donors (Lipinski definition) is 1. The van der Waals surface area contributed by atoms with Crippen LogP contribution in [-0.4, -0.2) is 24.6 Å². The number of rotatable bonds is 6. The van der Waals surface area contributed by atoms with E-state index >= 15 is 0 Å². The molecule has 2 rings (SSSR count). The lowest BCUT2D eigenvalue weighted by Gasteiger charge is -2.16. The molecule has 0 bridgehead atoms. The van der Waals surface area contributed by atoms with E-state index in [2.05, 4.69) is 5.32 Å². The molecule has 0 aliphatic carbocycles. The SMILES string of the molecule is CCOC(=O)c1ccc(NC(=O)C(C)Oc2ccccc2Cl)c(Cl)c1. The van der Waals surface area contributed by atoms with Crippen LogP contribution in [0.1, 0.15) is 24.2 Å². The van der Waals surface area contributed by atoms with Gasteiger partial charge in [0.2, 0.25) is 0 Å². The lowest BCUT2D eigenvalue weighted by atomic mass is 10.2. The molecule has 0 fully saturated rings. The van der Waals surface area contributed by atoms with Crippen molar-refractivity contribution in [1.82, 2.24) is 0 Å². The van der Waals surface area contributed by atoms with E-state index in [1.54, 1.807) is 38.1 Å². The summed E-state index contributed by atoms with van der Waals surface area (Å²) in [6, 6.07) is 11.4. The highest BCUT2D eigenvalue weighted by Crippen LogP contribution is 2.26. The van der Waals surface area contributed by atoms with Crippen molar-refractivity contribution in [2.24, 2.45) is 0 Å². The summed E-state index contributed by atoms with van der Waals surface area (Å²) in [4.78, 5) is 23.9. The number of anilines is 1. The van der Waals surface area contributed by atoms with Gasteiger partial charge in [0.05, 0.1) is 27.9 Å². The third kappa shape index (κ3) is 5.11. The van der Waals surface area contributed by atoms with E-state index in [0.29, 0.717) is 22.0 Å². The molecule has 1 unspecified atom stereocenters. The third-order valence-electron chi connectivity index (χ3n) is 3.25. The Balaban J connectivity index is 2.04. The van der Waals surface area contributed by atoms with E-state index in [9.17, 15) is 9.59 Å². The van der Waals surface area contributed by atoms with Crippen LogP contribution in [0.15, 0.2) is 42.5 Å². The van der Waals surface area contributed by atoms with Crippen LogP contribution in [0.3, 0.4) is 0 Å². The van der Waals surface area contributed by atoms with Gasteiger partial charge in [0.15, 0.2) is 6.10 Å². The number of carbonyl (C=O) groups excluding carboxylic acids is 2. The lowest BCUT2D eigenvalue weighted by Crippen LogP contribution is -2.30. The zero-order valence-corrected chi connectivity index (χ0v) is 15.2. The van der Waals surface area contributed by atoms with Crippen LogP contribution in [-0.2, 0) is 9.53 Å². The minimum Gasteiger partial charge on any atom is -0.479 e. The first-order valence-corrected chi connectivity index (χ1v) is 8.36. The molecule has 7 heteroatoms. The molecule has 0 spiro atoms. The predicted octanol–water partition coefficient (Wildman–Crippen LogP) is 4.58. The fourth-order valence-electron chi connectivity index (χ4n) is 1.98. The van der Waals surface area contributed by atoms with Gasteiger partial charge in [-0.1, -0.05) is 35.3 Å². The maximum absolute atomic E-state index is 12.3. The summed E-state index contributed by atoms with van der Waals surface area (Å²) in [6.45, 7) is 3.58. The standard InChI is InChI=1S/C18H17Cl2NO4/c1-3-24-18(23)12-8-9-15(14(20)10-12)21-17(22)11(2)25-16-7-5-4-6-13(16)19/h4-11H,3H2,1-2H3,(H,21,22). The highest BCUT2D eigenvalue weighted by Gasteiger charge is 2.18. The van der Waals surface area contributed by atoms with E-state index in [4.69, 9.17) is 32.7 Å². The van der Waals surface area contributed by atoms with E-state index in [1.165, 1.54) is 18.2 Å². The fourth-order valence-corrected chi connectivity index (χ4v) is 2.38. The Morgan fingerprint density at radius 3 is 2.48 bits per heavy atom. The molecule has 25 heavy (non-hydrogen) atoms. The highest BCUT2D eigenvalue weighted by atomic mass is 35.5. The van der Waals surface area contributed by atoms with Gasteiger partial charge in [-0.2, -0.15) is 0 Å². The number of benzene rings is 2. The van der Waals surface area contributed by atoms with Crippen LogP contribution in [0.2, 0.25) is 10.0 Å². The molecule has 0 saturated carbocycles. The molecular weight excluding hydrogens is 365 g/mol. The molecule has 0 heterocycles. The summed E-state index contributed by atoms with van der Waals surface area (Å²) in [6.07, 6.45) is -0.791. The number of esters is 1. The van der Waals surface area contributed by atoms with Crippen LogP contribution in [0.5, 0.6) is 5.75 Å². The van der Waals surface area contributed by atoms with E-state index in [-0.39, 0.29) is 11.6 Å². The summed E-state index contributed by atoms with van der Waals surface area (Å²) in [5.74, 6) is -0.459. The van der Waals surface area contributed by atoms with Crippen molar-refractivity contribution in [3.8, 4) is 5.75 Å². The first-order valence-electron chi connectivity index (χ1n) is 7.61. The molecule has 1 amide bonds. The van der Waals surface area contributed by atoms with Crippen molar-refractivity contribution in [3.05, 3.63) is 58.1 Å². The van der Waals surface area contributed by atoms with Crippen molar-refractivity contribution in [2.75, 3.05) is 11.9 Å². The van der Waals surface area contributed by atoms with Crippen LogP contribution >= 0.6 is 23.2 Å². The first kappa shape index (κ1) is 19.1. The van der Waals surface area contributed by atoms with Crippen LogP contribution in [0.25, 0.3) is 0 Å². The van der Waals surface area contributed by atoms with Gasteiger partial charge in [-0.25, -0.2) is 4.79 Å². The molecule has 2 aromatic rings. The highest BCUT2D eigenvalue weighted by molar-refractivity contribution is 6.34. The first-order chi connectivity index (χ1) is 11.9.